The molecule has 0 aromatic heterocycles. The molecule has 14 heavy (non-hydrogen) atoms. The molecule has 0 saturated heterocycles. The van der Waals surface area contributed by atoms with Crippen molar-refractivity contribution in [3.05, 3.63) is 33.8 Å². The zero-order valence-corrected chi connectivity index (χ0v) is 10.9. The van der Waals surface area contributed by atoms with Crippen molar-refractivity contribution < 1.29 is 0 Å². The SMILES string of the molecule is Cc1cccc(Br)c1CNC(C)(C)C. The first-order valence-corrected chi connectivity index (χ1v) is 5.68. The van der Waals surface area contributed by atoms with E-state index in [1.54, 1.807) is 0 Å². The molecule has 0 aliphatic rings. The molecule has 0 atom stereocenters. The molecule has 0 aliphatic carbocycles. The van der Waals surface area contributed by atoms with Gasteiger partial charge in [0, 0.05) is 16.6 Å². The van der Waals surface area contributed by atoms with Crippen LogP contribution in [0.1, 0.15) is 31.9 Å². The van der Waals surface area contributed by atoms with Crippen LogP contribution in [0, 0.1) is 6.92 Å². The Morgan fingerprint density at radius 1 is 1.29 bits per heavy atom. The van der Waals surface area contributed by atoms with Gasteiger partial charge >= 0.3 is 0 Å². The third kappa shape index (κ3) is 3.43. The second kappa shape index (κ2) is 4.45. The fraction of sp³-hybridized carbons (Fsp3) is 0.500. The van der Waals surface area contributed by atoms with Gasteiger partial charge in [0.15, 0.2) is 0 Å². The minimum Gasteiger partial charge on any atom is -0.308 e. The standard InChI is InChI=1S/C12H18BrN/c1-9-6-5-7-11(13)10(9)8-14-12(2,3)4/h5-7,14H,8H2,1-4H3. The molecule has 1 N–H and O–H groups in total. The summed E-state index contributed by atoms with van der Waals surface area (Å²) in [6.07, 6.45) is 0. The Morgan fingerprint density at radius 2 is 1.93 bits per heavy atom. The summed E-state index contributed by atoms with van der Waals surface area (Å²) < 4.78 is 1.19. The molecule has 0 amide bonds. The van der Waals surface area contributed by atoms with E-state index in [1.165, 1.54) is 15.6 Å². The van der Waals surface area contributed by atoms with Gasteiger partial charge in [0.05, 0.1) is 0 Å². The highest BCUT2D eigenvalue weighted by molar-refractivity contribution is 9.10. The van der Waals surface area contributed by atoms with Crippen molar-refractivity contribution in [3.63, 3.8) is 0 Å². The Hall–Kier alpha value is -0.340. The summed E-state index contributed by atoms with van der Waals surface area (Å²) in [5.74, 6) is 0. The minimum atomic E-state index is 0.168. The average molecular weight is 256 g/mol. The maximum atomic E-state index is 3.57. The van der Waals surface area contributed by atoms with Crippen molar-refractivity contribution in [2.24, 2.45) is 0 Å². The van der Waals surface area contributed by atoms with Crippen LogP contribution in [0.15, 0.2) is 22.7 Å². The van der Waals surface area contributed by atoms with E-state index in [0.717, 1.165) is 6.54 Å². The summed E-state index contributed by atoms with van der Waals surface area (Å²) in [6, 6.07) is 6.30. The van der Waals surface area contributed by atoms with Crippen molar-refractivity contribution in [2.45, 2.75) is 39.8 Å². The predicted molar refractivity (Wildman–Crippen MR) is 65.5 cm³/mol. The van der Waals surface area contributed by atoms with Crippen molar-refractivity contribution in [2.75, 3.05) is 0 Å². The van der Waals surface area contributed by atoms with Gasteiger partial charge in [-0.1, -0.05) is 28.1 Å². The average Bonchev–Trinajstić information content (AvgIpc) is 2.01. The predicted octanol–water partition coefficient (Wildman–Crippen LogP) is 3.65. The largest absolute Gasteiger partial charge is 0.308 e. The van der Waals surface area contributed by atoms with Crippen LogP contribution in [0.5, 0.6) is 0 Å². The van der Waals surface area contributed by atoms with E-state index < -0.39 is 0 Å². The molecule has 0 aliphatic heterocycles. The Labute approximate surface area is 95.0 Å². The molecule has 0 radical (unpaired) electrons. The number of hydrogen-bond acceptors (Lipinski definition) is 1. The van der Waals surface area contributed by atoms with Crippen molar-refractivity contribution >= 4 is 15.9 Å². The molecular formula is C12H18BrN. The van der Waals surface area contributed by atoms with Crippen molar-refractivity contribution in [1.82, 2.24) is 5.32 Å². The van der Waals surface area contributed by atoms with Gasteiger partial charge in [-0.15, -0.1) is 0 Å². The van der Waals surface area contributed by atoms with Crippen LogP contribution in [-0.2, 0) is 6.54 Å². The van der Waals surface area contributed by atoms with E-state index in [1.807, 2.05) is 0 Å². The quantitative estimate of drug-likeness (QED) is 0.851. The zero-order valence-electron chi connectivity index (χ0n) is 9.32. The van der Waals surface area contributed by atoms with Gasteiger partial charge in [-0.2, -0.15) is 0 Å². The third-order valence-electron chi connectivity index (χ3n) is 2.15. The zero-order chi connectivity index (χ0) is 10.8. The fourth-order valence-corrected chi connectivity index (χ4v) is 1.85. The normalized spacial score (nSPS) is 11.8. The summed E-state index contributed by atoms with van der Waals surface area (Å²) in [5.41, 5.74) is 2.85. The van der Waals surface area contributed by atoms with Crippen LogP contribution >= 0.6 is 15.9 Å². The minimum absolute atomic E-state index is 0.168. The van der Waals surface area contributed by atoms with E-state index in [9.17, 15) is 0 Å². The summed E-state index contributed by atoms with van der Waals surface area (Å²) in [5, 5.41) is 3.49. The molecule has 0 saturated carbocycles. The second-order valence-corrected chi connectivity index (χ2v) is 5.49. The smallest absolute Gasteiger partial charge is 0.0224 e. The first kappa shape index (κ1) is 11.7. The maximum absolute atomic E-state index is 3.57. The number of halogens is 1. The van der Waals surface area contributed by atoms with E-state index in [4.69, 9.17) is 0 Å². The fourth-order valence-electron chi connectivity index (χ4n) is 1.24. The lowest BCUT2D eigenvalue weighted by molar-refractivity contribution is 0.423. The van der Waals surface area contributed by atoms with Crippen molar-refractivity contribution in [1.29, 1.82) is 0 Å². The number of rotatable bonds is 2. The van der Waals surface area contributed by atoms with E-state index in [0.29, 0.717) is 0 Å². The van der Waals surface area contributed by atoms with Gasteiger partial charge < -0.3 is 5.32 Å². The molecule has 1 aromatic rings. The molecule has 0 bridgehead atoms. The molecule has 1 aromatic carbocycles. The van der Waals surface area contributed by atoms with Crippen LogP contribution in [-0.4, -0.2) is 5.54 Å². The van der Waals surface area contributed by atoms with Crippen molar-refractivity contribution in [3.8, 4) is 0 Å². The molecular weight excluding hydrogens is 238 g/mol. The summed E-state index contributed by atoms with van der Waals surface area (Å²) >= 11 is 3.57. The molecule has 0 heterocycles. The Balaban J connectivity index is 2.77. The van der Waals surface area contributed by atoms with Gasteiger partial charge in [0.2, 0.25) is 0 Å². The first-order chi connectivity index (χ1) is 6.40. The van der Waals surface area contributed by atoms with Gasteiger partial charge in [0.25, 0.3) is 0 Å². The molecule has 78 valence electrons. The van der Waals surface area contributed by atoms with E-state index in [2.05, 4.69) is 67.1 Å². The number of benzene rings is 1. The van der Waals surface area contributed by atoms with Crippen LogP contribution < -0.4 is 5.32 Å². The topological polar surface area (TPSA) is 12.0 Å². The Morgan fingerprint density at radius 3 is 2.43 bits per heavy atom. The molecule has 1 nitrogen and oxygen atoms in total. The molecule has 0 spiro atoms. The lowest BCUT2D eigenvalue weighted by Gasteiger charge is -2.21. The van der Waals surface area contributed by atoms with E-state index >= 15 is 0 Å². The lowest BCUT2D eigenvalue weighted by Crippen LogP contribution is -2.35. The van der Waals surface area contributed by atoms with E-state index in [-0.39, 0.29) is 5.54 Å². The lowest BCUT2D eigenvalue weighted by atomic mass is 10.1. The van der Waals surface area contributed by atoms with Crippen LogP contribution in [0.2, 0.25) is 0 Å². The monoisotopic (exact) mass is 255 g/mol. The van der Waals surface area contributed by atoms with Crippen LogP contribution in [0.25, 0.3) is 0 Å². The molecule has 0 fully saturated rings. The highest BCUT2D eigenvalue weighted by Gasteiger charge is 2.10. The van der Waals surface area contributed by atoms with Gasteiger partial charge in [-0.25, -0.2) is 0 Å². The highest BCUT2D eigenvalue weighted by atomic mass is 79.9. The van der Waals surface area contributed by atoms with Gasteiger partial charge in [-0.3, -0.25) is 0 Å². The molecule has 1 rings (SSSR count). The molecule has 2 heteroatoms. The van der Waals surface area contributed by atoms with Crippen LogP contribution in [0.3, 0.4) is 0 Å². The van der Waals surface area contributed by atoms with Gasteiger partial charge in [0.1, 0.15) is 0 Å². The molecule has 0 unspecified atom stereocenters. The summed E-state index contributed by atoms with van der Waals surface area (Å²) in [6.45, 7) is 9.60. The maximum Gasteiger partial charge on any atom is 0.0224 e. The number of hydrogen-bond donors (Lipinski definition) is 1. The van der Waals surface area contributed by atoms with Gasteiger partial charge in [-0.05, 0) is 44.9 Å². The Bertz CT molecular complexity index is 292. The third-order valence-corrected chi connectivity index (χ3v) is 2.89. The summed E-state index contributed by atoms with van der Waals surface area (Å²) in [7, 11) is 0. The number of aryl methyl sites for hydroxylation is 1. The number of nitrogens with one attached hydrogen (secondary N) is 1. The Kier molecular flexibility index (Phi) is 3.73. The highest BCUT2D eigenvalue weighted by Crippen LogP contribution is 2.20. The second-order valence-electron chi connectivity index (χ2n) is 4.64. The summed E-state index contributed by atoms with van der Waals surface area (Å²) in [4.78, 5) is 0. The van der Waals surface area contributed by atoms with Crippen LogP contribution in [0.4, 0.5) is 0 Å². The first-order valence-electron chi connectivity index (χ1n) is 4.89.